The fourth-order valence-electron chi connectivity index (χ4n) is 3.52. The minimum atomic E-state index is -3.31. The maximum Gasteiger partial charge on any atom is 0.216 e. The summed E-state index contributed by atoms with van der Waals surface area (Å²) in [5.74, 6) is -0.390. The summed E-state index contributed by atoms with van der Waals surface area (Å²) in [5, 5.41) is 13.2. The number of hydrogen-bond acceptors (Lipinski definition) is 4. The van der Waals surface area contributed by atoms with Crippen molar-refractivity contribution < 1.29 is 17.9 Å². The Labute approximate surface area is 156 Å². The molecule has 0 spiro atoms. The van der Waals surface area contributed by atoms with Crippen molar-refractivity contribution in [3.8, 4) is 0 Å². The number of hydrogen-bond donors (Lipinski definition) is 2. The van der Waals surface area contributed by atoms with E-state index in [2.05, 4.69) is 5.32 Å². The minimum Gasteiger partial charge on any atom is -0.387 e. The van der Waals surface area contributed by atoms with Crippen molar-refractivity contribution in [2.24, 2.45) is 0 Å². The van der Waals surface area contributed by atoms with E-state index < -0.39 is 21.7 Å². The van der Waals surface area contributed by atoms with Crippen molar-refractivity contribution >= 4 is 10.0 Å². The van der Waals surface area contributed by atoms with Gasteiger partial charge in [-0.2, -0.15) is 0 Å². The molecule has 1 aliphatic rings. The van der Waals surface area contributed by atoms with Crippen LogP contribution in [0.15, 0.2) is 24.3 Å². The average Bonchev–Trinajstić information content (AvgIpc) is 2.60. The number of sulfonamides is 1. The number of aliphatic hydroxyl groups excluding tert-OH is 1. The number of halogens is 1. The summed E-state index contributed by atoms with van der Waals surface area (Å²) < 4.78 is 40.2. The zero-order valence-electron chi connectivity index (χ0n) is 15.9. The van der Waals surface area contributed by atoms with Crippen molar-refractivity contribution in [1.82, 2.24) is 9.62 Å². The highest BCUT2D eigenvalue weighted by atomic mass is 32.2. The second-order valence-electron chi connectivity index (χ2n) is 7.90. The van der Waals surface area contributed by atoms with Gasteiger partial charge in [-0.25, -0.2) is 17.1 Å². The maximum atomic E-state index is 13.3. The van der Waals surface area contributed by atoms with Gasteiger partial charge in [-0.05, 0) is 44.4 Å². The predicted molar refractivity (Wildman–Crippen MR) is 102 cm³/mol. The van der Waals surface area contributed by atoms with E-state index in [4.69, 9.17) is 0 Å². The molecule has 2 N–H and O–H groups in total. The zero-order valence-corrected chi connectivity index (χ0v) is 16.7. The van der Waals surface area contributed by atoms with E-state index in [1.54, 1.807) is 19.2 Å². The van der Waals surface area contributed by atoms with Crippen LogP contribution >= 0.6 is 0 Å². The highest BCUT2D eigenvalue weighted by Gasteiger charge is 2.33. The van der Waals surface area contributed by atoms with Gasteiger partial charge in [0.1, 0.15) is 5.82 Å². The summed E-state index contributed by atoms with van der Waals surface area (Å²) in [6.07, 6.45) is 3.67. The SMILES string of the molecule is CN(CC(C)(C)NC[C@H](O)c1cccc(F)c1)S(=O)(=O)C1CCCCC1. The van der Waals surface area contributed by atoms with Crippen LogP contribution in [0, 0.1) is 5.82 Å². The van der Waals surface area contributed by atoms with E-state index in [1.807, 2.05) is 13.8 Å². The van der Waals surface area contributed by atoms with E-state index >= 15 is 0 Å². The molecule has 0 heterocycles. The molecule has 148 valence electrons. The number of likely N-dealkylation sites (N-methyl/N-ethyl adjacent to an activating group) is 1. The number of rotatable bonds is 8. The highest BCUT2D eigenvalue weighted by Crippen LogP contribution is 2.26. The van der Waals surface area contributed by atoms with Gasteiger partial charge in [-0.3, -0.25) is 0 Å². The summed E-state index contributed by atoms with van der Waals surface area (Å²) in [7, 11) is -1.69. The third-order valence-corrected chi connectivity index (χ3v) is 7.35. The summed E-state index contributed by atoms with van der Waals surface area (Å²) in [4.78, 5) is 0. The Hall–Kier alpha value is -1.02. The molecule has 0 aliphatic heterocycles. The van der Waals surface area contributed by atoms with Crippen LogP contribution in [0.4, 0.5) is 4.39 Å². The topological polar surface area (TPSA) is 69.6 Å². The Balaban J connectivity index is 1.92. The minimum absolute atomic E-state index is 0.216. The Morgan fingerprint density at radius 3 is 2.58 bits per heavy atom. The van der Waals surface area contributed by atoms with E-state index in [1.165, 1.54) is 16.4 Å². The molecule has 5 nitrogen and oxygen atoms in total. The van der Waals surface area contributed by atoms with E-state index in [-0.39, 0.29) is 17.6 Å². The average molecular weight is 387 g/mol. The lowest BCUT2D eigenvalue weighted by atomic mass is 10.0. The highest BCUT2D eigenvalue weighted by molar-refractivity contribution is 7.89. The fourth-order valence-corrected chi connectivity index (χ4v) is 5.47. The molecule has 1 fully saturated rings. The molecule has 0 saturated heterocycles. The van der Waals surface area contributed by atoms with Gasteiger partial charge in [0.2, 0.25) is 10.0 Å². The number of β-amino-alcohol motifs (C(OH)–C–C–N with tert-alkyl or cyclic N) is 1. The van der Waals surface area contributed by atoms with Gasteiger partial charge in [0.05, 0.1) is 11.4 Å². The molecule has 1 atom stereocenters. The van der Waals surface area contributed by atoms with Crippen LogP contribution in [-0.4, -0.2) is 48.8 Å². The molecular formula is C19H31FN2O3S. The molecule has 1 saturated carbocycles. The molecular weight excluding hydrogens is 355 g/mol. The van der Waals surface area contributed by atoms with Crippen molar-refractivity contribution in [3.05, 3.63) is 35.6 Å². The lowest BCUT2D eigenvalue weighted by molar-refractivity contribution is 0.156. The van der Waals surface area contributed by atoms with Crippen LogP contribution in [-0.2, 0) is 10.0 Å². The molecule has 1 aromatic rings. The Kier molecular flexibility index (Phi) is 7.19. The van der Waals surface area contributed by atoms with Gasteiger partial charge in [0.25, 0.3) is 0 Å². The first-order chi connectivity index (χ1) is 12.1. The Bertz CT molecular complexity index is 688. The summed E-state index contributed by atoms with van der Waals surface area (Å²) in [5.41, 5.74) is -0.0263. The number of aliphatic hydroxyl groups is 1. The normalized spacial score (nSPS) is 18.2. The van der Waals surface area contributed by atoms with Crippen LogP contribution in [0.1, 0.15) is 57.6 Å². The smallest absolute Gasteiger partial charge is 0.216 e. The lowest BCUT2D eigenvalue weighted by Gasteiger charge is -2.34. The summed E-state index contributed by atoms with van der Waals surface area (Å²) in [6.45, 7) is 4.33. The van der Waals surface area contributed by atoms with E-state index in [0.717, 1.165) is 32.1 Å². The maximum absolute atomic E-state index is 13.3. The molecule has 7 heteroatoms. The van der Waals surface area contributed by atoms with Crippen LogP contribution in [0.25, 0.3) is 0 Å². The predicted octanol–water partition coefficient (Wildman–Crippen LogP) is 2.82. The van der Waals surface area contributed by atoms with Gasteiger partial charge in [0.15, 0.2) is 0 Å². The van der Waals surface area contributed by atoms with Crippen LogP contribution in [0.5, 0.6) is 0 Å². The molecule has 0 aromatic heterocycles. The first-order valence-electron chi connectivity index (χ1n) is 9.25. The standard InChI is InChI=1S/C19H31FN2O3S/c1-19(2,21-13-18(23)15-8-7-9-16(20)12-15)14-22(3)26(24,25)17-10-5-4-6-11-17/h7-9,12,17-18,21,23H,4-6,10-11,13-14H2,1-3H3/t18-/m0/s1. The number of nitrogens with zero attached hydrogens (tertiary/aromatic N) is 1. The number of nitrogens with one attached hydrogen (secondary N) is 1. The van der Waals surface area contributed by atoms with Gasteiger partial charge in [0, 0.05) is 25.7 Å². The number of benzene rings is 1. The molecule has 0 amide bonds. The summed E-state index contributed by atoms with van der Waals surface area (Å²) >= 11 is 0. The largest absolute Gasteiger partial charge is 0.387 e. The van der Waals surface area contributed by atoms with Crippen LogP contribution in [0.3, 0.4) is 0 Å². The monoisotopic (exact) mass is 386 g/mol. The van der Waals surface area contributed by atoms with E-state index in [0.29, 0.717) is 12.1 Å². The lowest BCUT2D eigenvalue weighted by Crippen LogP contribution is -2.52. The Morgan fingerprint density at radius 2 is 1.96 bits per heavy atom. The quantitative estimate of drug-likeness (QED) is 0.721. The van der Waals surface area contributed by atoms with Crippen LogP contribution in [0.2, 0.25) is 0 Å². The van der Waals surface area contributed by atoms with Crippen molar-refractivity contribution in [3.63, 3.8) is 0 Å². The Morgan fingerprint density at radius 1 is 1.31 bits per heavy atom. The third kappa shape index (κ3) is 5.74. The van der Waals surface area contributed by atoms with Gasteiger partial charge in [-0.1, -0.05) is 31.4 Å². The molecule has 0 radical (unpaired) electrons. The molecule has 0 bridgehead atoms. The molecule has 0 unspecified atom stereocenters. The van der Waals surface area contributed by atoms with E-state index in [9.17, 15) is 17.9 Å². The first kappa shape index (κ1) is 21.3. The molecule has 26 heavy (non-hydrogen) atoms. The molecule has 1 aliphatic carbocycles. The van der Waals surface area contributed by atoms with Gasteiger partial charge < -0.3 is 10.4 Å². The van der Waals surface area contributed by atoms with Crippen molar-refractivity contribution in [2.75, 3.05) is 20.1 Å². The first-order valence-corrected chi connectivity index (χ1v) is 10.8. The molecule has 2 rings (SSSR count). The zero-order chi connectivity index (χ0) is 19.4. The second-order valence-corrected chi connectivity index (χ2v) is 10.2. The van der Waals surface area contributed by atoms with Gasteiger partial charge >= 0.3 is 0 Å². The summed E-state index contributed by atoms with van der Waals surface area (Å²) in [6, 6.07) is 5.86. The second kappa shape index (κ2) is 8.78. The van der Waals surface area contributed by atoms with Gasteiger partial charge in [-0.15, -0.1) is 0 Å². The fraction of sp³-hybridized carbons (Fsp3) is 0.684. The molecule has 1 aromatic carbocycles. The van der Waals surface area contributed by atoms with Crippen molar-refractivity contribution in [2.45, 2.75) is 62.8 Å². The third-order valence-electron chi connectivity index (χ3n) is 5.03. The van der Waals surface area contributed by atoms with Crippen LogP contribution < -0.4 is 5.32 Å². The van der Waals surface area contributed by atoms with Crippen molar-refractivity contribution in [1.29, 1.82) is 0 Å².